The van der Waals surface area contributed by atoms with Gasteiger partial charge in [-0.15, -0.1) is 0 Å². The first-order valence-corrected chi connectivity index (χ1v) is 11.8. The van der Waals surface area contributed by atoms with Crippen LogP contribution in [-0.4, -0.2) is 23.7 Å². The van der Waals surface area contributed by atoms with Crippen molar-refractivity contribution in [2.75, 3.05) is 6.61 Å². The van der Waals surface area contributed by atoms with Crippen molar-refractivity contribution in [3.05, 3.63) is 120 Å². The van der Waals surface area contributed by atoms with Gasteiger partial charge >= 0.3 is 11.9 Å². The molecule has 0 amide bonds. The van der Waals surface area contributed by atoms with Gasteiger partial charge in [0, 0.05) is 5.92 Å². The summed E-state index contributed by atoms with van der Waals surface area (Å²) in [6.07, 6.45) is 0.111. The Balaban J connectivity index is 1.23. The van der Waals surface area contributed by atoms with Crippen LogP contribution >= 0.6 is 0 Å². The van der Waals surface area contributed by atoms with Crippen LogP contribution in [0.1, 0.15) is 29.0 Å². The van der Waals surface area contributed by atoms with Crippen molar-refractivity contribution in [1.29, 1.82) is 0 Å². The van der Waals surface area contributed by atoms with Crippen molar-refractivity contribution in [2.24, 2.45) is 5.92 Å². The average Bonchev–Trinajstić information content (AvgIpc) is 3.21. The fourth-order valence-electron chi connectivity index (χ4n) is 4.87. The van der Waals surface area contributed by atoms with Crippen molar-refractivity contribution in [2.45, 2.75) is 18.8 Å². The van der Waals surface area contributed by atoms with E-state index in [1.807, 2.05) is 78.9 Å². The third-order valence-corrected chi connectivity index (χ3v) is 6.68. The molecule has 35 heavy (non-hydrogen) atoms. The topological polar surface area (TPSA) is 63.6 Å². The maximum Gasteiger partial charge on any atom is 0.307 e. The van der Waals surface area contributed by atoms with Crippen molar-refractivity contribution in [3.8, 4) is 22.3 Å². The van der Waals surface area contributed by atoms with E-state index in [9.17, 15) is 14.7 Å². The first kappa shape index (κ1) is 22.6. The van der Waals surface area contributed by atoms with Crippen LogP contribution in [0.2, 0.25) is 0 Å². The van der Waals surface area contributed by atoms with E-state index >= 15 is 0 Å². The molecule has 1 aliphatic rings. The second-order valence-electron chi connectivity index (χ2n) is 8.92. The van der Waals surface area contributed by atoms with E-state index in [4.69, 9.17) is 4.74 Å². The lowest BCUT2D eigenvalue weighted by Crippen LogP contribution is -2.22. The first-order valence-electron chi connectivity index (χ1n) is 11.8. The van der Waals surface area contributed by atoms with E-state index < -0.39 is 17.9 Å². The molecule has 1 aliphatic carbocycles. The van der Waals surface area contributed by atoms with E-state index in [0.29, 0.717) is 0 Å². The first-order chi connectivity index (χ1) is 17.1. The third kappa shape index (κ3) is 4.87. The molecule has 0 spiro atoms. The van der Waals surface area contributed by atoms with Gasteiger partial charge in [0.15, 0.2) is 0 Å². The molecule has 0 unspecified atom stereocenters. The summed E-state index contributed by atoms with van der Waals surface area (Å²) in [6.45, 7) is 0.199. The fraction of sp³-hybridized carbons (Fsp3) is 0.161. The van der Waals surface area contributed by atoms with Crippen LogP contribution < -0.4 is 0 Å². The predicted octanol–water partition coefficient (Wildman–Crippen LogP) is 6.34. The molecule has 0 fully saturated rings. The molecule has 0 heterocycles. The molecule has 0 saturated heterocycles. The number of fused-ring (bicyclic) bond motifs is 3. The highest BCUT2D eigenvalue weighted by molar-refractivity contribution is 5.80. The Morgan fingerprint density at radius 2 is 1.26 bits per heavy atom. The van der Waals surface area contributed by atoms with Gasteiger partial charge in [-0.3, -0.25) is 9.59 Å². The fourth-order valence-corrected chi connectivity index (χ4v) is 4.87. The number of esters is 1. The minimum atomic E-state index is -0.995. The second kappa shape index (κ2) is 9.98. The maximum absolute atomic E-state index is 12.7. The molecule has 0 radical (unpaired) electrons. The molecule has 174 valence electrons. The van der Waals surface area contributed by atoms with Crippen molar-refractivity contribution in [3.63, 3.8) is 0 Å². The van der Waals surface area contributed by atoms with Gasteiger partial charge in [0.2, 0.25) is 0 Å². The molecule has 0 saturated carbocycles. The number of ether oxygens (including phenoxy) is 1. The molecule has 1 atom stereocenters. The molecular weight excluding hydrogens is 436 g/mol. The Bertz CT molecular complexity index is 1300. The summed E-state index contributed by atoms with van der Waals surface area (Å²) in [7, 11) is 0. The quantitative estimate of drug-likeness (QED) is 0.310. The van der Waals surface area contributed by atoms with Gasteiger partial charge in [-0.05, 0) is 45.4 Å². The summed E-state index contributed by atoms with van der Waals surface area (Å²) in [5, 5.41) is 9.75. The van der Waals surface area contributed by atoms with Crippen LogP contribution in [0.4, 0.5) is 0 Å². The number of carbonyl (C=O) groups is 2. The molecular formula is C31H26O4. The van der Waals surface area contributed by atoms with E-state index in [-0.39, 0.29) is 25.4 Å². The zero-order valence-electron chi connectivity index (χ0n) is 19.3. The van der Waals surface area contributed by atoms with Gasteiger partial charge in [-0.1, -0.05) is 103 Å². The van der Waals surface area contributed by atoms with Crippen LogP contribution in [-0.2, 0) is 20.7 Å². The Labute approximate surface area is 204 Å². The highest BCUT2D eigenvalue weighted by Crippen LogP contribution is 2.44. The van der Waals surface area contributed by atoms with Crippen LogP contribution in [0.15, 0.2) is 103 Å². The van der Waals surface area contributed by atoms with Gasteiger partial charge in [-0.25, -0.2) is 0 Å². The van der Waals surface area contributed by atoms with E-state index in [1.165, 1.54) is 0 Å². The summed E-state index contributed by atoms with van der Waals surface area (Å²) < 4.78 is 5.63. The Kier molecular flexibility index (Phi) is 6.44. The summed E-state index contributed by atoms with van der Waals surface area (Å²) >= 11 is 0. The molecule has 4 heteroatoms. The molecule has 0 aliphatic heterocycles. The highest BCUT2D eigenvalue weighted by atomic mass is 16.5. The lowest BCUT2D eigenvalue weighted by Gasteiger charge is -2.16. The van der Waals surface area contributed by atoms with E-state index in [2.05, 4.69) is 24.3 Å². The van der Waals surface area contributed by atoms with Gasteiger partial charge in [0.1, 0.15) is 6.61 Å². The average molecular weight is 463 g/mol. The Morgan fingerprint density at radius 1 is 0.714 bits per heavy atom. The molecule has 4 aromatic rings. The number of hydrogen-bond acceptors (Lipinski definition) is 3. The molecule has 0 bridgehead atoms. The third-order valence-electron chi connectivity index (χ3n) is 6.68. The predicted molar refractivity (Wildman–Crippen MR) is 136 cm³/mol. The monoisotopic (exact) mass is 462 g/mol. The molecule has 5 rings (SSSR count). The van der Waals surface area contributed by atoms with Crippen LogP contribution in [0, 0.1) is 5.92 Å². The molecule has 4 aromatic carbocycles. The largest absolute Gasteiger partial charge is 0.481 e. The molecule has 0 aromatic heterocycles. The zero-order valence-corrected chi connectivity index (χ0v) is 19.3. The van der Waals surface area contributed by atoms with Crippen molar-refractivity contribution in [1.82, 2.24) is 0 Å². The Hall–Kier alpha value is -4.18. The maximum atomic E-state index is 12.7. The van der Waals surface area contributed by atoms with Gasteiger partial charge in [0.25, 0.3) is 0 Å². The number of hydrogen-bond donors (Lipinski definition) is 1. The second-order valence-corrected chi connectivity index (χ2v) is 8.92. The van der Waals surface area contributed by atoms with Crippen molar-refractivity contribution >= 4 is 11.9 Å². The summed E-state index contributed by atoms with van der Waals surface area (Å²) in [4.78, 5) is 24.6. The van der Waals surface area contributed by atoms with E-state index in [0.717, 1.165) is 38.9 Å². The number of rotatable bonds is 8. The number of carbonyl (C=O) groups excluding carboxylic acids is 1. The smallest absolute Gasteiger partial charge is 0.307 e. The van der Waals surface area contributed by atoms with Crippen LogP contribution in [0.5, 0.6) is 0 Å². The number of carboxylic acid groups (broad SMARTS) is 1. The lowest BCUT2D eigenvalue weighted by molar-refractivity contribution is -0.151. The van der Waals surface area contributed by atoms with Gasteiger partial charge in [-0.2, -0.15) is 0 Å². The molecule has 4 nitrogen and oxygen atoms in total. The van der Waals surface area contributed by atoms with Gasteiger partial charge in [0.05, 0.1) is 12.3 Å². The summed E-state index contributed by atoms with van der Waals surface area (Å²) in [5.41, 5.74) is 7.64. The van der Waals surface area contributed by atoms with Gasteiger partial charge < -0.3 is 9.84 Å². The summed E-state index contributed by atoms with van der Waals surface area (Å²) in [6, 6.07) is 34.1. The number of carboxylic acids is 1. The summed E-state index contributed by atoms with van der Waals surface area (Å²) in [5.74, 6) is -2.36. The lowest BCUT2D eigenvalue weighted by atomic mass is 9.94. The standard InChI is InChI=1S/C31H26O4/c32-30(35-20-29-27-12-6-4-10-25(27)26-11-5-7-13-28(26)29)19-24(31(33)34)18-21-14-16-23(17-15-21)22-8-2-1-3-9-22/h1-17,24,29H,18-20H2,(H,33,34)/t24-/m1/s1. The van der Waals surface area contributed by atoms with Crippen molar-refractivity contribution < 1.29 is 19.4 Å². The SMILES string of the molecule is O=C(C[C@@H](Cc1ccc(-c2ccccc2)cc1)C(=O)O)OCC1c2ccccc2-c2ccccc21. The zero-order chi connectivity index (χ0) is 24.2. The minimum absolute atomic E-state index is 0.0415. The van der Waals surface area contributed by atoms with E-state index in [1.54, 1.807) is 0 Å². The Morgan fingerprint density at radius 3 is 1.86 bits per heavy atom. The highest BCUT2D eigenvalue weighted by Gasteiger charge is 2.30. The van der Waals surface area contributed by atoms with Crippen LogP contribution in [0.25, 0.3) is 22.3 Å². The normalized spacial score (nSPS) is 13.0. The number of benzene rings is 4. The number of aliphatic carboxylic acids is 1. The minimum Gasteiger partial charge on any atom is -0.481 e. The van der Waals surface area contributed by atoms with Crippen LogP contribution in [0.3, 0.4) is 0 Å². The molecule has 1 N–H and O–H groups in total.